The number of benzene rings is 2. The van der Waals surface area contributed by atoms with Crippen molar-refractivity contribution in [2.24, 2.45) is 0 Å². The first-order valence-electron chi connectivity index (χ1n) is 12.6. The van der Waals surface area contributed by atoms with Crippen molar-refractivity contribution in [2.75, 3.05) is 13.7 Å². The van der Waals surface area contributed by atoms with E-state index in [1.165, 1.54) is 0 Å². The minimum absolute atomic E-state index is 0.224. The molecule has 4 rings (SSSR count). The normalized spacial score (nSPS) is 15.8. The lowest BCUT2D eigenvalue weighted by atomic mass is 9.95. The number of pyridine rings is 1. The molecule has 0 radical (unpaired) electrons. The predicted octanol–water partition coefficient (Wildman–Crippen LogP) is 4.47. The van der Waals surface area contributed by atoms with Gasteiger partial charge in [-0.3, -0.25) is 29.6 Å². The van der Waals surface area contributed by atoms with Crippen molar-refractivity contribution in [1.82, 2.24) is 15.2 Å². The third-order valence-corrected chi connectivity index (χ3v) is 6.79. The fourth-order valence-electron chi connectivity index (χ4n) is 4.80. The quantitative estimate of drug-likeness (QED) is 0.230. The SMILES string of the molecule is CN(Cc1c(C=O)cccc1CCCCCCOc1ccnc2ccccc12)C1CCC(=O)NC1=O. The van der Waals surface area contributed by atoms with Crippen LogP contribution in [0, 0.1) is 0 Å². The average molecular weight is 488 g/mol. The Bertz CT molecular complexity index is 1220. The first-order valence-corrected chi connectivity index (χ1v) is 12.6. The van der Waals surface area contributed by atoms with Crippen molar-refractivity contribution < 1.29 is 19.1 Å². The molecule has 3 aromatic rings. The maximum absolute atomic E-state index is 12.3. The van der Waals surface area contributed by atoms with Gasteiger partial charge in [-0.05, 0) is 62.1 Å². The Morgan fingerprint density at radius 3 is 2.72 bits per heavy atom. The number of fused-ring (bicyclic) bond motifs is 1. The molecule has 2 amide bonds. The Kier molecular flexibility index (Phi) is 8.79. The minimum Gasteiger partial charge on any atom is -0.493 e. The van der Waals surface area contributed by atoms with Crippen LogP contribution in [-0.2, 0) is 22.6 Å². The number of para-hydroxylation sites is 1. The summed E-state index contributed by atoms with van der Waals surface area (Å²) in [5.41, 5.74) is 3.70. The van der Waals surface area contributed by atoms with E-state index >= 15 is 0 Å². The summed E-state index contributed by atoms with van der Waals surface area (Å²) >= 11 is 0. The van der Waals surface area contributed by atoms with Crippen molar-refractivity contribution in [3.63, 3.8) is 0 Å². The largest absolute Gasteiger partial charge is 0.493 e. The van der Waals surface area contributed by atoms with Gasteiger partial charge in [0.05, 0.1) is 18.2 Å². The van der Waals surface area contributed by atoms with Crippen LogP contribution in [0.4, 0.5) is 0 Å². The standard InChI is InChI=1S/C29H33N3O4/c1-32(26-14-15-28(34)31-29(26)35)19-24-21(10-8-11-22(24)20-33)9-4-2-3-7-18-36-27-16-17-30-25-13-6-5-12-23(25)27/h5-6,8,10-13,16-17,20,26H,2-4,7,9,14-15,18-19H2,1H3,(H,31,34,35). The number of ether oxygens (including phenoxy) is 1. The zero-order chi connectivity index (χ0) is 25.3. The topological polar surface area (TPSA) is 88.6 Å². The summed E-state index contributed by atoms with van der Waals surface area (Å²) in [4.78, 5) is 41.8. The first kappa shape index (κ1) is 25.5. The number of aromatic nitrogens is 1. The number of aldehydes is 1. The van der Waals surface area contributed by atoms with Crippen molar-refractivity contribution >= 4 is 29.0 Å². The molecule has 7 heteroatoms. The second kappa shape index (κ2) is 12.4. The molecule has 2 aromatic carbocycles. The number of aryl methyl sites for hydroxylation is 1. The minimum atomic E-state index is -0.368. The van der Waals surface area contributed by atoms with E-state index in [9.17, 15) is 14.4 Å². The lowest BCUT2D eigenvalue weighted by molar-refractivity contribution is -0.137. The van der Waals surface area contributed by atoms with Gasteiger partial charge in [0.25, 0.3) is 0 Å². The van der Waals surface area contributed by atoms with Gasteiger partial charge in [-0.1, -0.05) is 43.2 Å². The highest BCUT2D eigenvalue weighted by Gasteiger charge is 2.30. The molecule has 1 saturated heterocycles. The molecule has 2 heterocycles. The zero-order valence-corrected chi connectivity index (χ0v) is 20.7. The molecule has 0 spiro atoms. The van der Waals surface area contributed by atoms with E-state index in [0.29, 0.717) is 31.6 Å². The summed E-state index contributed by atoms with van der Waals surface area (Å²) < 4.78 is 6.01. The summed E-state index contributed by atoms with van der Waals surface area (Å²) in [6.07, 6.45) is 8.47. The van der Waals surface area contributed by atoms with E-state index in [4.69, 9.17) is 4.74 Å². The first-order chi connectivity index (χ1) is 17.6. The van der Waals surface area contributed by atoms with E-state index in [-0.39, 0.29) is 17.9 Å². The number of imide groups is 1. The van der Waals surface area contributed by atoms with Gasteiger partial charge < -0.3 is 4.74 Å². The van der Waals surface area contributed by atoms with Crippen LogP contribution in [-0.4, -0.2) is 47.7 Å². The van der Waals surface area contributed by atoms with Crippen molar-refractivity contribution in [1.29, 1.82) is 0 Å². The van der Waals surface area contributed by atoms with Crippen molar-refractivity contribution in [2.45, 2.75) is 57.5 Å². The fourth-order valence-corrected chi connectivity index (χ4v) is 4.80. The van der Waals surface area contributed by atoms with Gasteiger partial charge in [0.1, 0.15) is 12.0 Å². The van der Waals surface area contributed by atoms with Crippen LogP contribution in [0.1, 0.15) is 60.0 Å². The van der Waals surface area contributed by atoms with Crippen LogP contribution < -0.4 is 10.1 Å². The number of rotatable bonds is 12. The number of carbonyl (C=O) groups is 3. The van der Waals surface area contributed by atoms with E-state index in [2.05, 4.69) is 16.4 Å². The van der Waals surface area contributed by atoms with Gasteiger partial charge in [-0.15, -0.1) is 0 Å². The molecule has 1 aliphatic heterocycles. The van der Waals surface area contributed by atoms with Crippen molar-refractivity contribution in [3.05, 3.63) is 71.4 Å². The van der Waals surface area contributed by atoms with Gasteiger partial charge in [-0.25, -0.2) is 0 Å². The molecule has 188 valence electrons. The predicted molar refractivity (Wildman–Crippen MR) is 139 cm³/mol. The average Bonchev–Trinajstić information content (AvgIpc) is 2.88. The van der Waals surface area contributed by atoms with E-state index in [0.717, 1.165) is 66.2 Å². The molecule has 0 saturated carbocycles. The van der Waals surface area contributed by atoms with E-state index in [1.807, 2.05) is 54.4 Å². The Balaban J connectivity index is 1.26. The third kappa shape index (κ3) is 6.34. The highest BCUT2D eigenvalue weighted by molar-refractivity contribution is 6.00. The second-order valence-corrected chi connectivity index (χ2v) is 9.32. The molecular formula is C29H33N3O4. The monoisotopic (exact) mass is 487 g/mol. The summed E-state index contributed by atoms with van der Waals surface area (Å²) in [7, 11) is 1.87. The molecular weight excluding hydrogens is 454 g/mol. The van der Waals surface area contributed by atoms with Gasteiger partial charge in [0.15, 0.2) is 0 Å². The zero-order valence-electron chi connectivity index (χ0n) is 20.7. The van der Waals surface area contributed by atoms with Crippen molar-refractivity contribution in [3.8, 4) is 5.75 Å². The molecule has 1 unspecified atom stereocenters. The van der Waals surface area contributed by atoms with Gasteiger partial charge in [0, 0.05) is 30.1 Å². The molecule has 1 aromatic heterocycles. The Morgan fingerprint density at radius 1 is 1.06 bits per heavy atom. The van der Waals surface area contributed by atoms with Crippen LogP contribution in [0.2, 0.25) is 0 Å². The number of unbranched alkanes of at least 4 members (excludes halogenated alkanes) is 3. The van der Waals surface area contributed by atoms with Crippen LogP contribution in [0.25, 0.3) is 10.9 Å². The van der Waals surface area contributed by atoms with Crippen LogP contribution >= 0.6 is 0 Å². The number of hydrogen-bond acceptors (Lipinski definition) is 6. The molecule has 0 aliphatic carbocycles. The highest BCUT2D eigenvalue weighted by Crippen LogP contribution is 2.24. The number of likely N-dealkylation sites (N-methyl/N-ethyl adjacent to an activating group) is 1. The summed E-state index contributed by atoms with van der Waals surface area (Å²) in [5, 5.41) is 3.45. The van der Waals surface area contributed by atoms with Gasteiger partial charge >= 0.3 is 0 Å². The fraction of sp³-hybridized carbons (Fsp3) is 0.379. The molecule has 0 bridgehead atoms. The van der Waals surface area contributed by atoms with Crippen LogP contribution in [0.3, 0.4) is 0 Å². The lowest BCUT2D eigenvalue weighted by Gasteiger charge is -2.30. The van der Waals surface area contributed by atoms with Crippen LogP contribution in [0.15, 0.2) is 54.7 Å². The number of piperidine rings is 1. The Morgan fingerprint density at radius 2 is 1.89 bits per heavy atom. The summed E-state index contributed by atoms with van der Waals surface area (Å²) in [5.74, 6) is 0.384. The molecule has 1 fully saturated rings. The lowest BCUT2D eigenvalue weighted by Crippen LogP contribution is -2.51. The Hall–Kier alpha value is -3.58. The number of nitrogens with zero attached hydrogens (tertiary/aromatic N) is 2. The smallest absolute Gasteiger partial charge is 0.243 e. The Labute approximate surface area is 211 Å². The highest BCUT2D eigenvalue weighted by atomic mass is 16.5. The van der Waals surface area contributed by atoms with E-state index < -0.39 is 0 Å². The molecule has 7 nitrogen and oxygen atoms in total. The number of amides is 2. The van der Waals surface area contributed by atoms with Crippen LogP contribution in [0.5, 0.6) is 5.75 Å². The second-order valence-electron chi connectivity index (χ2n) is 9.32. The summed E-state index contributed by atoms with van der Waals surface area (Å²) in [6.45, 7) is 1.15. The number of nitrogens with one attached hydrogen (secondary N) is 1. The maximum atomic E-state index is 12.3. The number of hydrogen-bond donors (Lipinski definition) is 1. The maximum Gasteiger partial charge on any atom is 0.243 e. The van der Waals surface area contributed by atoms with Gasteiger partial charge in [0.2, 0.25) is 11.8 Å². The molecule has 36 heavy (non-hydrogen) atoms. The summed E-state index contributed by atoms with van der Waals surface area (Å²) in [6, 6.07) is 15.3. The molecule has 1 aliphatic rings. The van der Waals surface area contributed by atoms with Gasteiger partial charge in [-0.2, -0.15) is 0 Å². The van der Waals surface area contributed by atoms with E-state index in [1.54, 1.807) is 6.20 Å². The number of carbonyl (C=O) groups excluding carboxylic acids is 3. The molecule has 1 atom stereocenters. The molecule has 1 N–H and O–H groups in total. The third-order valence-electron chi connectivity index (χ3n) is 6.79.